The molecule has 0 saturated carbocycles. The van der Waals surface area contributed by atoms with Crippen LogP contribution in [0.2, 0.25) is 0 Å². The first-order valence-electron chi connectivity index (χ1n) is 9.86. The molecule has 1 aliphatic rings. The van der Waals surface area contributed by atoms with E-state index >= 15 is 0 Å². The number of rotatable bonds is 7. The molecule has 176 valence electrons. The Morgan fingerprint density at radius 2 is 2.06 bits per heavy atom. The van der Waals surface area contributed by atoms with Crippen LogP contribution in [0.5, 0.6) is 5.75 Å². The van der Waals surface area contributed by atoms with Crippen LogP contribution in [0.15, 0.2) is 28.7 Å². The number of oxime groups is 1. The molecule has 2 atom stereocenters. The third-order valence-corrected chi connectivity index (χ3v) is 4.97. The van der Waals surface area contributed by atoms with Gasteiger partial charge >= 0.3 is 19.1 Å². The van der Waals surface area contributed by atoms with E-state index in [9.17, 15) is 24.5 Å². The van der Waals surface area contributed by atoms with Crippen LogP contribution in [0, 0.1) is 0 Å². The zero-order chi connectivity index (χ0) is 24.7. The number of anilines is 1. The predicted octanol–water partition coefficient (Wildman–Crippen LogP) is 0.783. The molecule has 1 amide bonds. The van der Waals surface area contributed by atoms with Crippen LogP contribution < -0.4 is 15.7 Å². The van der Waals surface area contributed by atoms with Crippen molar-refractivity contribution in [3.8, 4) is 5.75 Å². The summed E-state index contributed by atoms with van der Waals surface area (Å²) in [5, 5.41) is 36.2. The van der Waals surface area contributed by atoms with Gasteiger partial charge in [-0.15, -0.1) is 11.3 Å². The van der Waals surface area contributed by atoms with Crippen LogP contribution in [-0.2, 0) is 20.8 Å². The number of hydrogen-bond acceptors (Lipinski definition) is 10. The van der Waals surface area contributed by atoms with Gasteiger partial charge in [0.05, 0.1) is 11.5 Å². The number of benzene rings is 1. The average molecular weight is 478 g/mol. The summed E-state index contributed by atoms with van der Waals surface area (Å²) in [6, 6.07) is 4.47. The second-order valence-corrected chi connectivity index (χ2v) is 7.38. The number of carboxylic acid groups (broad SMARTS) is 2. The molecule has 0 spiro atoms. The van der Waals surface area contributed by atoms with Gasteiger partial charge in [0.1, 0.15) is 11.4 Å². The lowest BCUT2D eigenvalue weighted by molar-refractivity contribution is -0.149. The lowest BCUT2D eigenvalue weighted by Crippen LogP contribution is -2.54. The molecule has 1 aromatic heterocycles. The van der Waals surface area contributed by atoms with E-state index in [1.165, 1.54) is 24.4 Å². The van der Waals surface area contributed by atoms with Crippen LogP contribution in [0.1, 0.15) is 42.4 Å². The number of aromatic nitrogens is 1. The number of carboxylic acids is 2. The molecular weight excluding hydrogens is 455 g/mol. The van der Waals surface area contributed by atoms with Gasteiger partial charge in [-0.3, -0.25) is 4.79 Å². The second kappa shape index (κ2) is 11.3. The first-order chi connectivity index (χ1) is 15.7. The zero-order valence-corrected chi connectivity index (χ0v) is 18.8. The van der Waals surface area contributed by atoms with E-state index < -0.39 is 37.0 Å². The summed E-state index contributed by atoms with van der Waals surface area (Å²) in [5.74, 6) is -4.27. The number of nitrogens with one attached hydrogen (secondary N) is 1. The van der Waals surface area contributed by atoms with Crippen molar-refractivity contribution in [2.75, 3.05) is 5.73 Å². The summed E-state index contributed by atoms with van der Waals surface area (Å²) in [6.07, 6.45) is -1.26. The molecule has 14 heteroatoms. The Balaban J connectivity index is 0.00000187. The quantitative estimate of drug-likeness (QED) is 0.216. The van der Waals surface area contributed by atoms with Gasteiger partial charge in [-0.2, -0.15) is 0 Å². The highest BCUT2D eigenvalue weighted by Gasteiger charge is 2.38. The minimum absolute atomic E-state index is 0.0211. The number of hydrogen-bond donors (Lipinski definition) is 5. The van der Waals surface area contributed by atoms with Crippen molar-refractivity contribution >= 4 is 47.1 Å². The maximum Gasteiger partial charge on any atom is 0.547 e. The van der Waals surface area contributed by atoms with Gasteiger partial charge in [-0.1, -0.05) is 31.1 Å². The normalized spacial score (nSPS) is 15.8. The monoisotopic (exact) mass is 478 g/mol. The Labute approximate surface area is 193 Å². The third-order valence-electron chi connectivity index (χ3n) is 4.30. The second-order valence-electron chi connectivity index (χ2n) is 6.49. The molecule has 1 aromatic carbocycles. The summed E-state index contributed by atoms with van der Waals surface area (Å²) in [6.45, 7) is 5.23. The molecular formula is C19H23BN4O8S. The molecule has 12 nitrogen and oxygen atoms in total. The minimum Gasteiger partial charge on any atom is -0.534 e. The number of aliphatic carboxylic acids is 1. The molecule has 6 N–H and O–H groups in total. The van der Waals surface area contributed by atoms with Gasteiger partial charge in [0, 0.05) is 5.38 Å². The van der Waals surface area contributed by atoms with E-state index in [2.05, 4.69) is 15.5 Å². The number of fused-ring (bicyclic) bond motifs is 1. The first-order valence-corrected chi connectivity index (χ1v) is 10.7. The van der Waals surface area contributed by atoms with E-state index in [1.807, 2.05) is 13.8 Å². The minimum atomic E-state index is -1.54. The van der Waals surface area contributed by atoms with Crippen LogP contribution in [0.3, 0.4) is 0 Å². The highest BCUT2D eigenvalue weighted by Crippen LogP contribution is 2.30. The number of carbonyl (C=O) groups excluding carboxylic acids is 1. The number of carbonyl (C=O) groups is 3. The molecule has 3 rings (SSSR count). The highest BCUT2D eigenvalue weighted by atomic mass is 32.1. The Bertz CT molecular complexity index is 1060. The standard InChI is InChI=1S/C17H17BN4O8S.C2H6/c1-7(15(24)25)30-22-12(10-6-31-17(19)20-10)14(23)21-11-5-8-3-2-4-9(16(26)27)13(8)29-18(11)28;1-2/h2-4,6-7,11,28H,5H2,1H3,(H2,19,20)(H,21,23)(H,24,25)(H,26,27);1-2H3/b22-12-;. The van der Waals surface area contributed by atoms with Gasteiger partial charge in [0.2, 0.25) is 6.10 Å². The van der Waals surface area contributed by atoms with Crippen molar-refractivity contribution < 1.29 is 39.1 Å². The van der Waals surface area contributed by atoms with Gasteiger partial charge in [-0.05, 0) is 25.0 Å². The van der Waals surface area contributed by atoms with Crippen molar-refractivity contribution in [3.05, 3.63) is 40.4 Å². The van der Waals surface area contributed by atoms with Crippen molar-refractivity contribution in [1.29, 1.82) is 0 Å². The summed E-state index contributed by atoms with van der Waals surface area (Å²) in [5.41, 5.74) is 5.66. The summed E-state index contributed by atoms with van der Waals surface area (Å²) in [7, 11) is -1.54. The number of thiazole rings is 1. The maximum atomic E-state index is 12.8. The van der Waals surface area contributed by atoms with Crippen molar-refractivity contribution in [2.24, 2.45) is 5.16 Å². The summed E-state index contributed by atoms with van der Waals surface area (Å²) < 4.78 is 5.33. The third kappa shape index (κ3) is 6.20. The zero-order valence-electron chi connectivity index (χ0n) is 18.0. The molecule has 0 fully saturated rings. The fraction of sp³-hybridized carbons (Fsp3) is 0.316. The molecule has 2 heterocycles. The van der Waals surface area contributed by atoms with Crippen LogP contribution in [0.25, 0.3) is 0 Å². The van der Waals surface area contributed by atoms with Crippen molar-refractivity contribution in [3.63, 3.8) is 0 Å². The largest absolute Gasteiger partial charge is 0.547 e. The molecule has 0 aliphatic carbocycles. The molecule has 0 radical (unpaired) electrons. The van der Waals surface area contributed by atoms with Crippen LogP contribution in [-0.4, -0.2) is 62.9 Å². The molecule has 2 aromatic rings. The molecule has 2 unspecified atom stereocenters. The predicted molar refractivity (Wildman–Crippen MR) is 120 cm³/mol. The molecule has 33 heavy (non-hydrogen) atoms. The van der Waals surface area contributed by atoms with E-state index in [4.69, 9.17) is 20.3 Å². The highest BCUT2D eigenvalue weighted by molar-refractivity contribution is 7.13. The number of nitrogen functional groups attached to an aromatic ring is 1. The fourth-order valence-corrected chi connectivity index (χ4v) is 3.28. The molecule has 1 aliphatic heterocycles. The Morgan fingerprint density at radius 3 is 2.64 bits per heavy atom. The van der Waals surface area contributed by atoms with Crippen molar-refractivity contribution in [2.45, 2.75) is 39.2 Å². The Kier molecular flexibility index (Phi) is 8.76. The number of para-hydroxylation sites is 1. The van der Waals surface area contributed by atoms with Crippen molar-refractivity contribution in [1.82, 2.24) is 10.3 Å². The summed E-state index contributed by atoms with van der Waals surface area (Å²) in [4.78, 5) is 43.9. The smallest absolute Gasteiger partial charge is 0.534 e. The van der Waals surface area contributed by atoms with Crippen LogP contribution in [0.4, 0.5) is 5.13 Å². The lowest BCUT2D eigenvalue weighted by Gasteiger charge is -2.28. The summed E-state index contributed by atoms with van der Waals surface area (Å²) >= 11 is 1.04. The van der Waals surface area contributed by atoms with E-state index in [0.717, 1.165) is 11.3 Å². The Morgan fingerprint density at radius 1 is 1.36 bits per heavy atom. The topological polar surface area (TPSA) is 194 Å². The first kappa shape index (κ1) is 25.6. The lowest BCUT2D eigenvalue weighted by atomic mass is 9.72. The van der Waals surface area contributed by atoms with Crippen LogP contribution >= 0.6 is 11.3 Å². The number of amides is 1. The van der Waals surface area contributed by atoms with Gasteiger partial charge in [0.25, 0.3) is 5.91 Å². The molecule has 0 bridgehead atoms. The van der Waals surface area contributed by atoms with Gasteiger partial charge < -0.3 is 35.8 Å². The maximum absolute atomic E-state index is 12.8. The van der Waals surface area contributed by atoms with E-state index in [0.29, 0.717) is 5.56 Å². The molecule has 0 saturated heterocycles. The number of nitrogens with zero attached hydrogens (tertiary/aromatic N) is 2. The van der Waals surface area contributed by atoms with Gasteiger partial charge in [0.15, 0.2) is 10.8 Å². The fourth-order valence-electron chi connectivity index (χ4n) is 2.73. The number of aromatic carboxylic acids is 1. The Hall–Kier alpha value is -3.65. The van der Waals surface area contributed by atoms with Gasteiger partial charge in [-0.25, -0.2) is 14.6 Å². The van der Waals surface area contributed by atoms with E-state index in [1.54, 1.807) is 6.07 Å². The average Bonchev–Trinajstić information content (AvgIpc) is 3.20. The van der Waals surface area contributed by atoms with E-state index in [-0.39, 0.29) is 34.3 Å². The SMILES string of the molecule is CC.CC(O/N=C(\C(=O)NC1Cc2cccc(C(=O)O)c2OB1O)c1csc(N)n1)C(=O)O. The number of nitrogens with two attached hydrogens (primary N) is 1.